The Labute approximate surface area is 175 Å². The van der Waals surface area contributed by atoms with Gasteiger partial charge in [-0.15, -0.1) is 13.2 Å². The van der Waals surface area contributed by atoms with Gasteiger partial charge in [-0.1, -0.05) is 64.7 Å². The van der Waals surface area contributed by atoms with Crippen LogP contribution in [-0.4, -0.2) is 25.8 Å². The van der Waals surface area contributed by atoms with Gasteiger partial charge in [-0.3, -0.25) is 4.79 Å². The summed E-state index contributed by atoms with van der Waals surface area (Å²) in [7, 11) is 0. The van der Waals surface area contributed by atoms with Gasteiger partial charge in [0.2, 0.25) is 0 Å². The second-order valence-electron chi connectivity index (χ2n) is 5.30. The Morgan fingerprint density at radius 1 is 0.792 bits per heavy atom. The predicted octanol–water partition coefficient (Wildman–Crippen LogP) is 3.43. The molecule has 0 fully saturated rings. The molecule has 0 radical (unpaired) electrons. The third-order valence-electron chi connectivity index (χ3n) is 3.21. The van der Waals surface area contributed by atoms with Gasteiger partial charge in [0.15, 0.2) is 0 Å². The summed E-state index contributed by atoms with van der Waals surface area (Å²) in [4.78, 5) is 10.5. The first kappa shape index (κ1) is 31.9. The first-order chi connectivity index (χ1) is 11.2. The molecule has 142 valence electrons. The molecule has 0 amide bonds. The summed E-state index contributed by atoms with van der Waals surface area (Å²) in [5, 5.41) is 0. The standard InChI is InChI=1S/C14H28O2.C4H10O.C2H4.Na.H/c1-3-4-5-6-7-8-9-10-11-12-13-16-14(2)15;1-3-5-4-2;1-2;;/h3-13H2,1-2H3;3-4H2,1-2H3;1-2H2;;/q;;;+1;-1. The molecule has 0 rings (SSSR count). The van der Waals surface area contributed by atoms with Gasteiger partial charge in [-0.05, 0) is 20.3 Å². The zero-order chi connectivity index (χ0) is 18.2. The Hall–Kier alpha value is 0.170. The summed E-state index contributed by atoms with van der Waals surface area (Å²) >= 11 is 0. The number of rotatable bonds is 13. The van der Waals surface area contributed by atoms with Gasteiger partial charge in [0.05, 0.1) is 6.61 Å². The molecule has 0 atom stereocenters. The maximum absolute atomic E-state index is 10.5. The quantitative estimate of drug-likeness (QED) is 0.220. The second kappa shape index (κ2) is 34.5. The zero-order valence-electron chi connectivity index (χ0n) is 18.3. The van der Waals surface area contributed by atoms with Crippen LogP contribution in [0.2, 0.25) is 0 Å². The van der Waals surface area contributed by atoms with E-state index >= 15 is 0 Å². The molecule has 4 heteroatoms. The van der Waals surface area contributed by atoms with Gasteiger partial charge < -0.3 is 10.9 Å². The van der Waals surface area contributed by atoms with Crippen LogP contribution in [-0.2, 0) is 14.3 Å². The van der Waals surface area contributed by atoms with Crippen molar-refractivity contribution in [1.82, 2.24) is 0 Å². The fourth-order valence-corrected chi connectivity index (χ4v) is 2.01. The van der Waals surface area contributed by atoms with E-state index in [0.29, 0.717) is 6.61 Å². The topological polar surface area (TPSA) is 35.5 Å². The molecule has 0 saturated carbocycles. The van der Waals surface area contributed by atoms with Gasteiger partial charge in [-0.25, -0.2) is 0 Å². The molecule has 0 aromatic heterocycles. The summed E-state index contributed by atoms with van der Waals surface area (Å²) in [6, 6.07) is 0. The molecule has 0 spiro atoms. The van der Waals surface area contributed by atoms with Crippen LogP contribution in [0.25, 0.3) is 0 Å². The average molecular weight is 355 g/mol. The van der Waals surface area contributed by atoms with Crippen LogP contribution in [0.15, 0.2) is 13.2 Å². The fourth-order valence-electron chi connectivity index (χ4n) is 2.01. The molecule has 0 aliphatic rings. The van der Waals surface area contributed by atoms with E-state index in [-0.39, 0.29) is 37.0 Å². The van der Waals surface area contributed by atoms with Gasteiger partial charge in [0.1, 0.15) is 0 Å². The van der Waals surface area contributed by atoms with Gasteiger partial charge in [0, 0.05) is 20.1 Å². The monoisotopic (exact) mass is 354 g/mol. The zero-order valence-corrected chi connectivity index (χ0v) is 19.3. The molecule has 0 aliphatic carbocycles. The summed E-state index contributed by atoms with van der Waals surface area (Å²) in [5.74, 6) is -0.157. The van der Waals surface area contributed by atoms with Crippen molar-refractivity contribution in [3.8, 4) is 0 Å². The number of unbranched alkanes of at least 4 members (excludes halogenated alkanes) is 9. The molecule has 0 unspecified atom stereocenters. The Morgan fingerprint density at radius 2 is 1.17 bits per heavy atom. The number of ether oxygens (including phenoxy) is 2. The SMILES string of the molecule is C=C.CCCCCCCCCCCCOC(C)=O.CCOCC.[H-].[Na+]. The summed E-state index contributed by atoms with van der Waals surface area (Å²) in [6.07, 6.45) is 13.1. The van der Waals surface area contributed by atoms with Crippen LogP contribution in [0.3, 0.4) is 0 Å². The number of hydrogen-bond acceptors (Lipinski definition) is 3. The Bertz CT molecular complexity index is 215. The molecular weight excluding hydrogens is 311 g/mol. The van der Waals surface area contributed by atoms with Crippen molar-refractivity contribution in [2.75, 3.05) is 19.8 Å². The van der Waals surface area contributed by atoms with Crippen molar-refractivity contribution in [2.45, 2.75) is 91.9 Å². The minimum Gasteiger partial charge on any atom is -1.00 e. The van der Waals surface area contributed by atoms with Gasteiger partial charge >= 0.3 is 35.5 Å². The van der Waals surface area contributed by atoms with Crippen molar-refractivity contribution in [3.05, 3.63) is 13.2 Å². The minimum atomic E-state index is -0.157. The largest absolute Gasteiger partial charge is 1.00 e. The van der Waals surface area contributed by atoms with Crippen molar-refractivity contribution in [1.29, 1.82) is 0 Å². The van der Waals surface area contributed by atoms with E-state index < -0.39 is 0 Å². The van der Waals surface area contributed by atoms with Crippen molar-refractivity contribution in [3.63, 3.8) is 0 Å². The van der Waals surface area contributed by atoms with Crippen LogP contribution in [0, 0.1) is 0 Å². The Morgan fingerprint density at radius 3 is 1.46 bits per heavy atom. The van der Waals surface area contributed by atoms with Gasteiger partial charge in [0.25, 0.3) is 0 Å². The fraction of sp³-hybridized carbons (Fsp3) is 0.850. The summed E-state index contributed by atoms with van der Waals surface area (Å²) < 4.78 is 9.71. The first-order valence-electron chi connectivity index (χ1n) is 9.40. The maximum atomic E-state index is 10.5. The van der Waals surface area contributed by atoms with Crippen LogP contribution >= 0.6 is 0 Å². The predicted molar refractivity (Wildman–Crippen MR) is 103 cm³/mol. The summed E-state index contributed by atoms with van der Waals surface area (Å²) in [6.45, 7) is 16.0. The molecule has 3 nitrogen and oxygen atoms in total. The molecule has 0 saturated heterocycles. The molecule has 0 bridgehead atoms. The molecular formula is C20H43NaO3. The number of carbonyl (C=O) groups excluding carboxylic acids is 1. The van der Waals surface area contributed by atoms with Gasteiger partial charge in [-0.2, -0.15) is 0 Å². The first-order valence-corrected chi connectivity index (χ1v) is 9.40. The molecule has 24 heavy (non-hydrogen) atoms. The summed E-state index contributed by atoms with van der Waals surface area (Å²) in [5.41, 5.74) is 0. The number of carbonyl (C=O) groups is 1. The van der Waals surface area contributed by atoms with E-state index in [1.165, 1.54) is 64.7 Å². The Balaban J connectivity index is -0.000000127. The van der Waals surface area contributed by atoms with Crippen LogP contribution < -0.4 is 29.6 Å². The van der Waals surface area contributed by atoms with Crippen molar-refractivity contribution >= 4 is 5.97 Å². The molecule has 0 heterocycles. The third-order valence-corrected chi connectivity index (χ3v) is 3.21. The minimum absolute atomic E-state index is 0. The smallest absolute Gasteiger partial charge is 1.00 e. The number of hydrogen-bond donors (Lipinski definition) is 0. The van der Waals surface area contributed by atoms with E-state index in [2.05, 4.69) is 20.1 Å². The average Bonchev–Trinajstić information content (AvgIpc) is 2.55. The van der Waals surface area contributed by atoms with E-state index in [4.69, 9.17) is 9.47 Å². The van der Waals surface area contributed by atoms with Crippen LogP contribution in [0.4, 0.5) is 0 Å². The van der Waals surface area contributed by atoms with Crippen LogP contribution in [0.5, 0.6) is 0 Å². The third kappa shape index (κ3) is 43.2. The van der Waals surface area contributed by atoms with Crippen molar-refractivity contribution < 1.29 is 45.3 Å². The molecule has 0 aliphatic heterocycles. The van der Waals surface area contributed by atoms with E-state index in [1.54, 1.807) is 0 Å². The molecule has 0 aromatic carbocycles. The molecule has 0 aromatic rings. The van der Waals surface area contributed by atoms with Crippen molar-refractivity contribution in [2.24, 2.45) is 0 Å². The normalized spacial score (nSPS) is 8.83. The number of esters is 1. The molecule has 0 N–H and O–H groups in total. The Kier molecular flexibility index (Phi) is 45.8. The van der Waals surface area contributed by atoms with Crippen LogP contribution in [0.1, 0.15) is 93.3 Å². The van der Waals surface area contributed by atoms with E-state index in [0.717, 1.165) is 19.6 Å². The van der Waals surface area contributed by atoms with E-state index in [9.17, 15) is 4.79 Å². The maximum Gasteiger partial charge on any atom is 1.00 e. The van der Waals surface area contributed by atoms with E-state index in [1.807, 2.05) is 13.8 Å². The second-order valence-corrected chi connectivity index (χ2v) is 5.30.